The van der Waals surface area contributed by atoms with E-state index in [0.29, 0.717) is 19.5 Å². The minimum absolute atomic E-state index is 0.265. The van der Waals surface area contributed by atoms with Gasteiger partial charge in [-0.15, -0.1) is 0 Å². The summed E-state index contributed by atoms with van der Waals surface area (Å²) in [4.78, 5) is 18.0. The average Bonchev–Trinajstić information content (AvgIpc) is 3.10. The molecule has 0 unspecified atom stereocenters. The molecule has 5 heteroatoms. The summed E-state index contributed by atoms with van der Waals surface area (Å²) in [5.41, 5.74) is 3.67. The van der Waals surface area contributed by atoms with E-state index in [1.165, 1.54) is 16.7 Å². The summed E-state index contributed by atoms with van der Waals surface area (Å²) in [6.45, 7) is 3.11. The van der Waals surface area contributed by atoms with E-state index in [2.05, 4.69) is 64.2 Å². The molecule has 2 aromatic rings. The number of rotatable bonds is 7. The van der Waals surface area contributed by atoms with Crippen molar-refractivity contribution in [3.63, 3.8) is 0 Å². The summed E-state index contributed by atoms with van der Waals surface area (Å²) in [5, 5.41) is 6.71. The molecule has 1 aliphatic heterocycles. The zero-order valence-electron chi connectivity index (χ0n) is 15.9. The van der Waals surface area contributed by atoms with Crippen molar-refractivity contribution in [3.05, 3.63) is 71.3 Å². The Morgan fingerprint density at radius 3 is 2.56 bits per heavy atom. The van der Waals surface area contributed by atoms with Gasteiger partial charge in [-0.1, -0.05) is 54.6 Å². The standard InChI is InChI=1S/C22H28N4O/c1-23-22(24-13-12-18-7-3-2-4-8-18)25-16-19-9-5-10-20(15-19)17-26-14-6-11-21(26)27/h2-5,7-10,15H,6,11-14,16-17H2,1H3,(H2,23,24,25). The SMILES string of the molecule is CN=C(NCCc1ccccc1)NCc1cccc(CN2CCCC2=O)c1. The highest BCUT2D eigenvalue weighted by molar-refractivity contribution is 5.79. The van der Waals surface area contributed by atoms with Gasteiger partial charge in [0.15, 0.2) is 5.96 Å². The lowest BCUT2D eigenvalue weighted by Crippen LogP contribution is -2.37. The smallest absolute Gasteiger partial charge is 0.222 e. The van der Waals surface area contributed by atoms with Gasteiger partial charge in [-0.2, -0.15) is 0 Å². The van der Waals surface area contributed by atoms with Gasteiger partial charge in [0, 0.05) is 39.6 Å². The van der Waals surface area contributed by atoms with Crippen LogP contribution in [-0.4, -0.2) is 36.9 Å². The Kier molecular flexibility index (Phi) is 6.85. The lowest BCUT2D eigenvalue weighted by atomic mass is 10.1. The van der Waals surface area contributed by atoms with Crippen molar-refractivity contribution in [2.45, 2.75) is 32.4 Å². The highest BCUT2D eigenvalue weighted by Crippen LogP contribution is 2.15. The van der Waals surface area contributed by atoms with Crippen molar-refractivity contribution in [1.29, 1.82) is 0 Å². The molecule has 0 atom stereocenters. The summed E-state index contributed by atoms with van der Waals surface area (Å²) in [5.74, 6) is 1.06. The van der Waals surface area contributed by atoms with Crippen molar-refractivity contribution in [2.75, 3.05) is 20.1 Å². The van der Waals surface area contributed by atoms with E-state index < -0.39 is 0 Å². The first kappa shape index (κ1) is 19.0. The predicted octanol–water partition coefficient (Wildman–Crippen LogP) is 2.72. The Balaban J connectivity index is 1.46. The first-order chi connectivity index (χ1) is 13.2. The summed E-state index contributed by atoms with van der Waals surface area (Å²) < 4.78 is 0. The predicted molar refractivity (Wildman–Crippen MR) is 109 cm³/mol. The normalized spacial score (nSPS) is 14.5. The van der Waals surface area contributed by atoms with Gasteiger partial charge in [-0.05, 0) is 29.5 Å². The van der Waals surface area contributed by atoms with Crippen molar-refractivity contribution in [2.24, 2.45) is 4.99 Å². The zero-order valence-corrected chi connectivity index (χ0v) is 15.9. The van der Waals surface area contributed by atoms with Crippen LogP contribution >= 0.6 is 0 Å². The summed E-state index contributed by atoms with van der Waals surface area (Å²) in [7, 11) is 1.78. The number of aliphatic imine (C=N–C) groups is 1. The van der Waals surface area contributed by atoms with E-state index in [9.17, 15) is 4.79 Å². The van der Waals surface area contributed by atoms with Gasteiger partial charge in [-0.3, -0.25) is 9.79 Å². The topological polar surface area (TPSA) is 56.7 Å². The maximum absolute atomic E-state index is 11.8. The monoisotopic (exact) mass is 364 g/mol. The summed E-state index contributed by atoms with van der Waals surface area (Å²) in [6, 6.07) is 18.8. The molecule has 0 spiro atoms. The van der Waals surface area contributed by atoms with Crippen molar-refractivity contribution in [1.82, 2.24) is 15.5 Å². The number of likely N-dealkylation sites (tertiary alicyclic amines) is 1. The van der Waals surface area contributed by atoms with Crippen LogP contribution in [0.4, 0.5) is 0 Å². The van der Waals surface area contributed by atoms with E-state index in [1.54, 1.807) is 7.05 Å². The van der Waals surface area contributed by atoms with Crippen LogP contribution in [0.2, 0.25) is 0 Å². The van der Waals surface area contributed by atoms with E-state index in [4.69, 9.17) is 0 Å². The molecule has 1 saturated heterocycles. The third kappa shape index (κ3) is 5.84. The number of carbonyl (C=O) groups excluding carboxylic acids is 1. The maximum Gasteiger partial charge on any atom is 0.222 e. The maximum atomic E-state index is 11.8. The molecular formula is C22H28N4O. The van der Waals surface area contributed by atoms with Gasteiger partial charge < -0.3 is 15.5 Å². The fourth-order valence-corrected chi connectivity index (χ4v) is 3.31. The molecule has 2 N–H and O–H groups in total. The lowest BCUT2D eigenvalue weighted by molar-refractivity contribution is -0.128. The van der Waals surface area contributed by atoms with E-state index in [1.807, 2.05) is 11.0 Å². The molecule has 1 aliphatic rings. The summed E-state index contributed by atoms with van der Waals surface area (Å²) >= 11 is 0. The third-order valence-corrected chi connectivity index (χ3v) is 4.77. The van der Waals surface area contributed by atoms with Gasteiger partial charge >= 0.3 is 0 Å². The molecule has 1 fully saturated rings. The number of carbonyl (C=O) groups is 1. The number of nitrogens with zero attached hydrogens (tertiary/aromatic N) is 2. The largest absolute Gasteiger partial charge is 0.356 e. The quantitative estimate of drug-likeness (QED) is 0.587. The van der Waals surface area contributed by atoms with Crippen LogP contribution in [-0.2, 0) is 24.3 Å². The molecule has 142 valence electrons. The number of hydrogen-bond donors (Lipinski definition) is 2. The number of nitrogens with one attached hydrogen (secondary N) is 2. The molecule has 0 radical (unpaired) electrons. The fraction of sp³-hybridized carbons (Fsp3) is 0.364. The van der Waals surface area contributed by atoms with Gasteiger partial charge in [0.2, 0.25) is 5.91 Å². The van der Waals surface area contributed by atoms with Gasteiger partial charge in [0.1, 0.15) is 0 Å². The number of guanidine groups is 1. The van der Waals surface area contributed by atoms with Crippen molar-refractivity contribution >= 4 is 11.9 Å². The number of benzene rings is 2. The molecule has 5 nitrogen and oxygen atoms in total. The van der Waals surface area contributed by atoms with E-state index in [0.717, 1.165) is 31.9 Å². The second kappa shape index (κ2) is 9.76. The van der Waals surface area contributed by atoms with Crippen LogP contribution in [0.5, 0.6) is 0 Å². The zero-order chi connectivity index (χ0) is 18.9. The van der Waals surface area contributed by atoms with E-state index in [-0.39, 0.29) is 5.91 Å². The molecule has 3 rings (SSSR count). The molecular weight excluding hydrogens is 336 g/mol. The second-order valence-electron chi connectivity index (χ2n) is 6.83. The Labute approximate surface area is 161 Å². The molecule has 0 aliphatic carbocycles. The number of amides is 1. The van der Waals surface area contributed by atoms with Crippen LogP contribution in [0.25, 0.3) is 0 Å². The molecule has 0 saturated carbocycles. The van der Waals surface area contributed by atoms with Crippen molar-refractivity contribution < 1.29 is 4.79 Å². The van der Waals surface area contributed by atoms with Crippen LogP contribution in [0.1, 0.15) is 29.5 Å². The highest BCUT2D eigenvalue weighted by atomic mass is 16.2. The molecule has 27 heavy (non-hydrogen) atoms. The van der Waals surface area contributed by atoms with Gasteiger partial charge in [-0.25, -0.2) is 0 Å². The highest BCUT2D eigenvalue weighted by Gasteiger charge is 2.19. The Morgan fingerprint density at radius 2 is 1.81 bits per heavy atom. The molecule has 0 bridgehead atoms. The number of hydrogen-bond acceptors (Lipinski definition) is 2. The molecule has 2 aromatic carbocycles. The van der Waals surface area contributed by atoms with E-state index >= 15 is 0 Å². The molecule has 1 amide bonds. The minimum Gasteiger partial charge on any atom is -0.356 e. The van der Waals surface area contributed by atoms with Gasteiger partial charge in [0.25, 0.3) is 0 Å². The Morgan fingerprint density at radius 1 is 1.04 bits per heavy atom. The van der Waals surface area contributed by atoms with Crippen LogP contribution < -0.4 is 10.6 Å². The molecule has 0 aromatic heterocycles. The van der Waals surface area contributed by atoms with Crippen LogP contribution in [0.3, 0.4) is 0 Å². The average molecular weight is 364 g/mol. The van der Waals surface area contributed by atoms with Gasteiger partial charge in [0.05, 0.1) is 0 Å². The first-order valence-corrected chi connectivity index (χ1v) is 9.58. The second-order valence-corrected chi connectivity index (χ2v) is 6.83. The van der Waals surface area contributed by atoms with Crippen LogP contribution in [0.15, 0.2) is 59.6 Å². The van der Waals surface area contributed by atoms with Crippen molar-refractivity contribution in [3.8, 4) is 0 Å². The fourth-order valence-electron chi connectivity index (χ4n) is 3.31. The van der Waals surface area contributed by atoms with Crippen LogP contribution in [0, 0.1) is 0 Å². The third-order valence-electron chi connectivity index (χ3n) is 4.77. The Bertz CT molecular complexity index is 773. The minimum atomic E-state index is 0.265. The Hall–Kier alpha value is -2.82. The first-order valence-electron chi connectivity index (χ1n) is 9.58. The molecule has 1 heterocycles. The lowest BCUT2D eigenvalue weighted by Gasteiger charge is -2.16. The summed E-state index contributed by atoms with van der Waals surface area (Å²) in [6.07, 6.45) is 2.62.